The fourth-order valence-corrected chi connectivity index (χ4v) is 4.61. The van der Waals surface area contributed by atoms with Crippen molar-refractivity contribution < 1.29 is 25.6 Å². The van der Waals surface area contributed by atoms with Gasteiger partial charge in [-0.2, -0.15) is 0 Å². The predicted octanol–water partition coefficient (Wildman–Crippen LogP) is 0.0709. The van der Waals surface area contributed by atoms with Crippen molar-refractivity contribution in [2.45, 2.75) is 17.0 Å². The molecule has 0 saturated heterocycles. The number of carbonyl (C=O) groups is 1. The number of hydrogen-bond acceptors (Lipinski definition) is 8. The molecule has 4 aromatic rings. The van der Waals surface area contributed by atoms with Crippen molar-refractivity contribution in [3.05, 3.63) is 89.0 Å². The second-order valence-electron chi connectivity index (χ2n) is 7.29. The van der Waals surface area contributed by atoms with Gasteiger partial charge in [0.2, 0.25) is 11.9 Å². The van der Waals surface area contributed by atoms with Gasteiger partial charge in [-0.15, -0.1) is 0 Å². The predicted molar refractivity (Wildman–Crippen MR) is 134 cm³/mol. The number of hydrogen-bond donors (Lipinski definition) is 3. The average Bonchev–Trinajstić information content (AvgIpc) is 2.83. The maximum absolute atomic E-state index is 12.5. The second kappa shape index (κ2) is 11.8. The summed E-state index contributed by atoms with van der Waals surface area (Å²) in [5.41, 5.74) is 2.03. The van der Waals surface area contributed by atoms with E-state index in [0.29, 0.717) is 22.2 Å². The molecule has 0 fully saturated rings. The number of nitrogens with one attached hydrogen (secondary N) is 3. The van der Waals surface area contributed by atoms with Crippen LogP contribution in [0.25, 0.3) is 11.3 Å². The van der Waals surface area contributed by atoms with Crippen LogP contribution in [0, 0.1) is 6.92 Å². The number of halogens is 1. The number of H-pyrrole nitrogens is 1. The summed E-state index contributed by atoms with van der Waals surface area (Å²) in [4.78, 5) is 39.3. The first-order valence-corrected chi connectivity index (χ1v) is 12.8. The topological polar surface area (TPSA) is 147 Å². The van der Waals surface area contributed by atoms with Crippen LogP contribution in [0.5, 0.6) is 0 Å². The molecule has 4 rings (SSSR count). The number of aromatic amines is 1. The van der Waals surface area contributed by atoms with E-state index in [1.54, 1.807) is 13.0 Å². The summed E-state index contributed by atoms with van der Waals surface area (Å²) in [6, 6.07) is 18.0. The lowest BCUT2D eigenvalue weighted by atomic mass is 10.1. The Labute approximate surface area is 217 Å². The van der Waals surface area contributed by atoms with E-state index in [4.69, 9.17) is 0 Å². The highest BCUT2D eigenvalue weighted by Gasteiger charge is 2.16. The summed E-state index contributed by atoms with van der Waals surface area (Å²) >= 11 is 1.08. The summed E-state index contributed by atoms with van der Waals surface area (Å²) in [6.07, 6.45) is 1.46. The number of aromatic nitrogens is 4. The maximum atomic E-state index is 12.5. The maximum Gasteiger partial charge on any atom is 0.264 e. The van der Waals surface area contributed by atoms with E-state index in [1.807, 2.05) is 30.3 Å². The second-order valence-corrected chi connectivity index (χ2v) is 9.94. The summed E-state index contributed by atoms with van der Waals surface area (Å²) in [5, 5.41) is 3.01. The van der Waals surface area contributed by atoms with Crippen LogP contribution in [0.15, 0.2) is 87.8 Å². The molecule has 2 aromatic carbocycles. The van der Waals surface area contributed by atoms with Crippen molar-refractivity contribution >= 4 is 39.3 Å². The molecule has 3 N–H and O–H groups in total. The van der Waals surface area contributed by atoms with Gasteiger partial charge in [0, 0.05) is 29.2 Å². The van der Waals surface area contributed by atoms with Crippen molar-refractivity contribution in [1.82, 2.24) is 19.9 Å². The summed E-state index contributed by atoms with van der Waals surface area (Å²) < 4.78 is 27.4. The van der Waals surface area contributed by atoms with E-state index in [1.165, 1.54) is 36.5 Å². The van der Waals surface area contributed by atoms with Crippen molar-refractivity contribution in [2.75, 3.05) is 15.8 Å². The number of benzene rings is 2. The molecular formula is C23H20ClN6O4S2-. The number of thioether (sulfide) groups is 1. The Hall–Kier alpha value is -3.74. The van der Waals surface area contributed by atoms with Gasteiger partial charge < -0.3 is 22.7 Å². The zero-order valence-corrected chi connectivity index (χ0v) is 21.2. The number of amides is 1. The van der Waals surface area contributed by atoms with E-state index < -0.39 is 10.0 Å². The van der Waals surface area contributed by atoms with E-state index in [0.717, 1.165) is 17.3 Å². The van der Waals surface area contributed by atoms with Crippen molar-refractivity contribution in [3.8, 4) is 11.3 Å². The van der Waals surface area contributed by atoms with Crippen LogP contribution < -0.4 is 28.0 Å². The molecule has 186 valence electrons. The third-order valence-electron chi connectivity index (χ3n) is 4.60. The summed E-state index contributed by atoms with van der Waals surface area (Å²) in [6.45, 7) is 1.73. The molecule has 2 heterocycles. The van der Waals surface area contributed by atoms with E-state index in [2.05, 4.69) is 30.0 Å². The Bertz CT molecular complexity index is 1510. The highest BCUT2D eigenvalue weighted by molar-refractivity contribution is 7.99. The Morgan fingerprint density at radius 3 is 2.44 bits per heavy atom. The van der Waals surface area contributed by atoms with Gasteiger partial charge in [0.15, 0.2) is 5.16 Å². The number of sulfonamides is 1. The van der Waals surface area contributed by atoms with Crippen LogP contribution in [0.3, 0.4) is 0 Å². The van der Waals surface area contributed by atoms with Gasteiger partial charge in [0.05, 0.1) is 16.3 Å². The first-order chi connectivity index (χ1) is 16.8. The van der Waals surface area contributed by atoms with Crippen LogP contribution >= 0.6 is 11.8 Å². The first-order valence-electron chi connectivity index (χ1n) is 10.3. The average molecular weight is 544 g/mol. The van der Waals surface area contributed by atoms with E-state index >= 15 is 0 Å². The highest BCUT2D eigenvalue weighted by Crippen LogP contribution is 2.20. The zero-order valence-electron chi connectivity index (χ0n) is 18.8. The molecule has 10 nitrogen and oxygen atoms in total. The molecule has 0 saturated carbocycles. The Morgan fingerprint density at radius 1 is 1.03 bits per heavy atom. The molecule has 13 heteroatoms. The Balaban J connectivity index is 0.00000361. The SMILES string of the molecule is Cc1ccnc(NS(=O)(=O)c2ccc(NC(=O)CSc3nc(-c4ccccc4)cc(=O)[nH]3)cc2)n1.[Cl-]. The first kappa shape index (κ1) is 26.9. The van der Waals surface area contributed by atoms with Gasteiger partial charge in [-0.1, -0.05) is 42.1 Å². The lowest BCUT2D eigenvalue weighted by Crippen LogP contribution is -3.00. The number of nitrogens with zero attached hydrogens (tertiary/aromatic N) is 3. The number of aryl methyl sites for hydroxylation is 1. The lowest BCUT2D eigenvalue weighted by Gasteiger charge is -2.09. The molecule has 2 aromatic heterocycles. The van der Waals surface area contributed by atoms with Crippen LogP contribution in [-0.2, 0) is 14.8 Å². The minimum Gasteiger partial charge on any atom is -1.00 e. The van der Waals surface area contributed by atoms with Crippen molar-refractivity contribution in [3.63, 3.8) is 0 Å². The molecular weight excluding hydrogens is 524 g/mol. The normalized spacial score (nSPS) is 10.8. The van der Waals surface area contributed by atoms with Crippen molar-refractivity contribution in [2.24, 2.45) is 0 Å². The quantitative estimate of drug-likeness (QED) is 0.209. The minimum absolute atomic E-state index is 0. The molecule has 0 bridgehead atoms. The van der Waals surface area contributed by atoms with Gasteiger partial charge in [-0.3, -0.25) is 9.59 Å². The van der Waals surface area contributed by atoms with Crippen LogP contribution in [0.2, 0.25) is 0 Å². The zero-order chi connectivity index (χ0) is 24.8. The minimum atomic E-state index is -3.89. The standard InChI is InChI=1S/C23H20N6O4S2.ClH/c1-15-11-12-24-22(25-15)29-35(32,33)18-9-7-17(8-10-18)26-21(31)14-34-23-27-19(13-20(30)28-23)16-5-3-2-4-6-16;/h2-13H,14H2,1H3,(H,26,31)(H,24,25,29)(H,27,28,30);1H/p-1. The van der Waals surface area contributed by atoms with Gasteiger partial charge >= 0.3 is 0 Å². The molecule has 0 unspecified atom stereocenters. The highest BCUT2D eigenvalue weighted by atomic mass is 35.5. The van der Waals surface area contributed by atoms with Gasteiger partial charge in [0.1, 0.15) is 0 Å². The molecule has 1 amide bonds. The lowest BCUT2D eigenvalue weighted by molar-refractivity contribution is -0.113. The fraction of sp³-hybridized carbons (Fsp3) is 0.0870. The largest absolute Gasteiger partial charge is 1.00 e. The third-order valence-corrected chi connectivity index (χ3v) is 6.82. The van der Waals surface area contributed by atoms with Gasteiger partial charge in [0.25, 0.3) is 15.6 Å². The molecule has 0 spiro atoms. The molecule has 0 aliphatic heterocycles. The number of rotatable bonds is 8. The van der Waals surface area contributed by atoms with Gasteiger partial charge in [-0.25, -0.2) is 28.1 Å². The van der Waals surface area contributed by atoms with Crippen LogP contribution in [0.4, 0.5) is 11.6 Å². The summed E-state index contributed by atoms with van der Waals surface area (Å²) in [5.74, 6) is -0.375. The molecule has 0 atom stereocenters. The fourth-order valence-electron chi connectivity index (χ4n) is 2.99. The smallest absolute Gasteiger partial charge is 0.264 e. The van der Waals surface area contributed by atoms with Crippen LogP contribution in [-0.4, -0.2) is 40.0 Å². The third kappa shape index (κ3) is 7.13. The Kier molecular flexibility index (Phi) is 8.80. The number of carbonyl (C=O) groups excluding carboxylic acids is 1. The summed E-state index contributed by atoms with van der Waals surface area (Å²) in [7, 11) is -3.89. The Morgan fingerprint density at radius 2 is 1.75 bits per heavy atom. The van der Waals surface area contributed by atoms with Crippen LogP contribution in [0.1, 0.15) is 5.69 Å². The van der Waals surface area contributed by atoms with E-state index in [-0.39, 0.29) is 40.5 Å². The van der Waals surface area contributed by atoms with Gasteiger partial charge in [-0.05, 0) is 37.3 Å². The molecule has 0 aliphatic rings. The molecule has 0 radical (unpaired) electrons. The van der Waals surface area contributed by atoms with E-state index in [9.17, 15) is 18.0 Å². The number of anilines is 2. The molecule has 0 aliphatic carbocycles. The van der Waals surface area contributed by atoms with Crippen molar-refractivity contribution in [1.29, 1.82) is 0 Å². The monoisotopic (exact) mass is 543 g/mol. The molecule has 36 heavy (non-hydrogen) atoms.